The van der Waals surface area contributed by atoms with Gasteiger partial charge in [0.15, 0.2) is 0 Å². The molecule has 2 atom stereocenters. The number of benzene rings is 1. The Morgan fingerprint density at radius 2 is 2.03 bits per heavy atom. The molecule has 10 heteroatoms. The van der Waals surface area contributed by atoms with Gasteiger partial charge in [0.2, 0.25) is 0 Å². The lowest BCUT2D eigenvalue weighted by atomic mass is 9.81. The number of halogens is 2. The Labute approximate surface area is 209 Å². The Bertz CT molecular complexity index is 1090. The van der Waals surface area contributed by atoms with E-state index in [1.165, 1.54) is 12.1 Å². The van der Waals surface area contributed by atoms with Crippen molar-refractivity contribution in [1.82, 2.24) is 20.6 Å². The molecule has 3 N–H and O–H groups in total. The number of aryl methyl sites for hydroxylation is 1. The average Bonchev–Trinajstić information content (AvgIpc) is 3.33. The zero-order valence-electron chi connectivity index (χ0n) is 19.9. The van der Waals surface area contributed by atoms with E-state index < -0.39 is 5.82 Å². The highest BCUT2D eigenvalue weighted by atomic mass is 35.5. The van der Waals surface area contributed by atoms with Gasteiger partial charge in [0.05, 0.1) is 16.8 Å². The lowest BCUT2D eigenvalue weighted by molar-refractivity contribution is 0.0228. The molecule has 1 fully saturated rings. The first kappa shape index (κ1) is 25.5. The van der Waals surface area contributed by atoms with Gasteiger partial charge >= 0.3 is 0 Å². The van der Waals surface area contributed by atoms with Crippen LogP contribution in [0.1, 0.15) is 66.6 Å². The van der Waals surface area contributed by atoms with Gasteiger partial charge in [-0.1, -0.05) is 22.8 Å². The predicted molar refractivity (Wildman–Crippen MR) is 131 cm³/mol. The summed E-state index contributed by atoms with van der Waals surface area (Å²) in [7, 11) is 0. The molecule has 0 spiro atoms. The van der Waals surface area contributed by atoms with Crippen LogP contribution in [0.4, 0.5) is 4.39 Å². The van der Waals surface area contributed by atoms with Crippen molar-refractivity contribution in [1.29, 1.82) is 0 Å². The number of aromatic nitrogens is 2. The van der Waals surface area contributed by atoms with Crippen LogP contribution in [0, 0.1) is 18.7 Å². The number of rotatable bonds is 8. The smallest absolute Gasteiger partial charge is 0.270 e. The van der Waals surface area contributed by atoms with Crippen molar-refractivity contribution in [2.24, 2.45) is 11.1 Å². The van der Waals surface area contributed by atoms with E-state index in [0.717, 1.165) is 25.7 Å². The van der Waals surface area contributed by atoms with Crippen LogP contribution in [-0.4, -0.2) is 51.5 Å². The minimum Gasteiger partial charge on any atom is -0.392 e. The molecular weight excluding hydrogens is 473 g/mol. The molecule has 8 nitrogen and oxygen atoms in total. The molecule has 0 radical (unpaired) electrons. The largest absolute Gasteiger partial charge is 0.392 e. The highest BCUT2D eigenvalue weighted by Gasteiger charge is 2.34. The van der Waals surface area contributed by atoms with Crippen molar-refractivity contribution >= 4 is 23.2 Å². The SMILES string of the molecule is Cc1nc(C(=O)NCc2ccc(F)c(Cl)c2)cc(C2=NOC(C3CCC(NCC(C)O)CC3)C2)n1. The second kappa shape index (κ2) is 11.4. The van der Waals surface area contributed by atoms with Gasteiger partial charge in [-0.3, -0.25) is 4.79 Å². The number of aliphatic hydroxyl groups excluding tert-OH is 1. The molecule has 1 amide bonds. The van der Waals surface area contributed by atoms with E-state index in [9.17, 15) is 14.3 Å². The summed E-state index contributed by atoms with van der Waals surface area (Å²) >= 11 is 5.82. The first-order valence-corrected chi connectivity index (χ1v) is 12.4. The van der Waals surface area contributed by atoms with Gasteiger partial charge in [0, 0.05) is 25.6 Å². The minimum atomic E-state index is -0.503. The lowest BCUT2D eigenvalue weighted by Gasteiger charge is -2.31. The monoisotopic (exact) mass is 503 g/mol. The Hall–Kier alpha value is -2.62. The van der Waals surface area contributed by atoms with Gasteiger partial charge in [-0.05, 0) is 69.2 Å². The summed E-state index contributed by atoms with van der Waals surface area (Å²) in [5, 5.41) is 20.0. The second-order valence-electron chi connectivity index (χ2n) is 9.37. The van der Waals surface area contributed by atoms with E-state index in [1.807, 2.05) is 0 Å². The van der Waals surface area contributed by atoms with E-state index in [2.05, 4.69) is 25.8 Å². The van der Waals surface area contributed by atoms with Crippen molar-refractivity contribution in [2.45, 2.75) is 70.7 Å². The van der Waals surface area contributed by atoms with Crippen LogP contribution in [0.15, 0.2) is 29.4 Å². The number of nitrogens with one attached hydrogen (secondary N) is 2. The van der Waals surface area contributed by atoms with Crippen LogP contribution in [0.5, 0.6) is 0 Å². The molecule has 188 valence electrons. The molecule has 2 aliphatic rings. The summed E-state index contributed by atoms with van der Waals surface area (Å²) in [5.74, 6) is 0.00963. The van der Waals surface area contributed by atoms with Gasteiger partial charge in [0.1, 0.15) is 29.2 Å². The fraction of sp³-hybridized carbons (Fsp3) is 0.520. The molecule has 35 heavy (non-hydrogen) atoms. The topological polar surface area (TPSA) is 109 Å². The molecule has 1 aromatic carbocycles. The summed E-state index contributed by atoms with van der Waals surface area (Å²) in [5.41, 5.74) is 2.22. The van der Waals surface area contributed by atoms with Crippen molar-refractivity contribution in [3.05, 3.63) is 57.9 Å². The Morgan fingerprint density at radius 1 is 1.26 bits per heavy atom. The fourth-order valence-corrected chi connectivity index (χ4v) is 4.79. The van der Waals surface area contributed by atoms with Crippen LogP contribution in [0.3, 0.4) is 0 Å². The maximum atomic E-state index is 13.4. The normalized spacial score (nSPS) is 22.9. The van der Waals surface area contributed by atoms with Crippen molar-refractivity contribution < 1.29 is 19.1 Å². The maximum absolute atomic E-state index is 13.4. The van der Waals surface area contributed by atoms with E-state index in [4.69, 9.17) is 16.4 Å². The Kier molecular flexibility index (Phi) is 8.30. The summed E-state index contributed by atoms with van der Waals surface area (Å²) in [6.45, 7) is 4.33. The molecule has 2 aromatic rings. The van der Waals surface area contributed by atoms with Crippen LogP contribution in [0.25, 0.3) is 0 Å². The standard InChI is InChI=1S/C25H31ClFN5O3/c1-14(33)12-28-18-6-4-17(5-7-18)24-11-22(32-35-24)21-10-23(31-15(2)30-21)25(34)29-13-16-3-8-20(27)19(26)9-16/h3,8-10,14,17-18,24,28,33H,4-7,11-13H2,1-2H3,(H,29,34). The summed E-state index contributed by atoms with van der Waals surface area (Å²) in [4.78, 5) is 27.3. The quantitative estimate of drug-likeness (QED) is 0.508. The second-order valence-corrected chi connectivity index (χ2v) is 9.78. The Balaban J connectivity index is 1.33. The van der Waals surface area contributed by atoms with Crippen molar-refractivity contribution in [2.75, 3.05) is 6.54 Å². The molecule has 1 saturated carbocycles. The third kappa shape index (κ3) is 6.74. The van der Waals surface area contributed by atoms with Gasteiger partial charge in [-0.15, -0.1) is 0 Å². The van der Waals surface area contributed by atoms with E-state index >= 15 is 0 Å². The molecule has 2 heterocycles. The number of carbonyl (C=O) groups is 1. The summed E-state index contributed by atoms with van der Waals surface area (Å²) < 4.78 is 13.4. The highest BCUT2D eigenvalue weighted by Crippen LogP contribution is 2.33. The maximum Gasteiger partial charge on any atom is 0.270 e. The van der Waals surface area contributed by atoms with E-state index in [1.54, 1.807) is 26.0 Å². The van der Waals surface area contributed by atoms with Gasteiger partial charge in [-0.2, -0.15) is 0 Å². The minimum absolute atomic E-state index is 0.00140. The summed E-state index contributed by atoms with van der Waals surface area (Å²) in [6, 6.07) is 6.37. The van der Waals surface area contributed by atoms with Gasteiger partial charge in [0.25, 0.3) is 5.91 Å². The van der Waals surface area contributed by atoms with Crippen molar-refractivity contribution in [3.63, 3.8) is 0 Å². The van der Waals surface area contributed by atoms with Gasteiger partial charge in [-0.25, -0.2) is 14.4 Å². The van der Waals surface area contributed by atoms with Crippen LogP contribution in [-0.2, 0) is 11.4 Å². The van der Waals surface area contributed by atoms with Crippen molar-refractivity contribution in [3.8, 4) is 0 Å². The summed E-state index contributed by atoms with van der Waals surface area (Å²) in [6.07, 6.45) is 4.46. The number of aliphatic hydroxyl groups is 1. The molecule has 1 aromatic heterocycles. The molecule has 0 saturated heterocycles. The zero-order valence-corrected chi connectivity index (χ0v) is 20.7. The third-order valence-corrected chi connectivity index (χ3v) is 6.79. The fourth-order valence-electron chi connectivity index (χ4n) is 4.59. The lowest BCUT2D eigenvalue weighted by Crippen LogP contribution is -2.39. The average molecular weight is 504 g/mol. The molecule has 0 bridgehead atoms. The first-order valence-electron chi connectivity index (χ1n) is 12.0. The first-order chi connectivity index (χ1) is 16.8. The van der Waals surface area contributed by atoms with Crippen LogP contribution < -0.4 is 10.6 Å². The zero-order chi connectivity index (χ0) is 24.9. The highest BCUT2D eigenvalue weighted by molar-refractivity contribution is 6.30. The number of hydrogen-bond acceptors (Lipinski definition) is 7. The van der Waals surface area contributed by atoms with Gasteiger partial charge < -0.3 is 20.6 Å². The number of amides is 1. The number of nitrogens with zero attached hydrogens (tertiary/aromatic N) is 3. The Morgan fingerprint density at radius 3 is 2.74 bits per heavy atom. The molecule has 1 aliphatic heterocycles. The molecule has 2 unspecified atom stereocenters. The molecule has 4 rings (SSSR count). The number of hydrogen-bond donors (Lipinski definition) is 3. The third-order valence-electron chi connectivity index (χ3n) is 6.50. The number of carbonyl (C=O) groups excluding carboxylic acids is 1. The van der Waals surface area contributed by atoms with Crippen LogP contribution in [0.2, 0.25) is 5.02 Å². The van der Waals surface area contributed by atoms with E-state index in [0.29, 0.717) is 47.7 Å². The molecule has 1 aliphatic carbocycles. The van der Waals surface area contributed by atoms with E-state index in [-0.39, 0.29) is 35.4 Å². The predicted octanol–water partition coefficient (Wildman–Crippen LogP) is 3.53. The molecular formula is C25H31ClFN5O3. The number of oxime groups is 1. The van der Waals surface area contributed by atoms with Crippen LogP contribution >= 0.6 is 11.6 Å².